The monoisotopic (exact) mass is 271 g/mol. The average Bonchev–Trinajstić information content (AvgIpc) is 2.30. The van der Waals surface area contributed by atoms with E-state index < -0.39 is 6.10 Å². The van der Waals surface area contributed by atoms with Gasteiger partial charge in [-0.3, -0.25) is 4.90 Å². The number of fused-ring (bicyclic) bond motifs is 1. The Bertz CT molecular complexity index is 438. The molecule has 2 atom stereocenters. The molecule has 2 unspecified atom stereocenters. The molecule has 2 rings (SSSR count). The number of rotatable bonds is 3. The summed E-state index contributed by atoms with van der Waals surface area (Å²) in [7, 11) is 1.86. The predicted octanol–water partition coefficient (Wildman–Crippen LogP) is 1.37. The van der Waals surface area contributed by atoms with Gasteiger partial charge in [-0.25, -0.2) is 0 Å². The summed E-state index contributed by atoms with van der Waals surface area (Å²) in [6, 6.07) is 3.40. The molecule has 0 spiro atoms. The lowest BCUT2D eigenvalue weighted by atomic mass is 9.96. The van der Waals surface area contributed by atoms with Gasteiger partial charge in [-0.15, -0.1) is 0 Å². The van der Waals surface area contributed by atoms with Crippen LogP contribution >= 0.6 is 11.6 Å². The van der Waals surface area contributed by atoms with Gasteiger partial charge < -0.3 is 14.9 Å². The Morgan fingerprint density at radius 3 is 2.89 bits per heavy atom. The number of halogens is 1. The van der Waals surface area contributed by atoms with Crippen molar-refractivity contribution in [2.75, 3.05) is 26.8 Å². The molecule has 0 saturated carbocycles. The fourth-order valence-corrected chi connectivity index (χ4v) is 2.61. The molecule has 1 aliphatic heterocycles. The summed E-state index contributed by atoms with van der Waals surface area (Å²) >= 11 is 6.02. The van der Waals surface area contributed by atoms with Gasteiger partial charge in [0.05, 0.1) is 12.6 Å². The zero-order valence-corrected chi connectivity index (χ0v) is 11.3. The van der Waals surface area contributed by atoms with Crippen LogP contribution in [0.3, 0.4) is 0 Å². The van der Waals surface area contributed by atoms with E-state index in [2.05, 4.69) is 0 Å². The van der Waals surface area contributed by atoms with Gasteiger partial charge in [0.25, 0.3) is 0 Å². The van der Waals surface area contributed by atoms with Crippen molar-refractivity contribution < 1.29 is 14.9 Å². The number of ether oxygens (including phenoxy) is 1. The molecule has 1 aliphatic rings. The number of nitrogens with zero attached hydrogens (tertiary/aromatic N) is 1. The molecule has 0 aromatic heterocycles. The smallest absolute Gasteiger partial charge is 0.128 e. The van der Waals surface area contributed by atoms with Gasteiger partial charge in [0.15, 0.2) is 0 Å². The molecule has 1 heterocycles. The summed E-state index contributed by atoms with van der Waals surface area (Å²) in [6.45, 7) is 2.88. The summed E-state index contributed by atoms with van der Waals surface area (Å²) < 4.78 is 5.72. The van der Waals surface area contributed by atoms with E-state index in [0.717, 1.165) is 16.9 Å². The second-order valence-electron chi connectivity index (χ2n) is 4.67. The molecule has 0 fully saturated rings. The third kappa shape index (κ3) is 2.47. The zero-order chi connectivity index (χ0) is 13.3. The summed E-state index contributed by atoms with van der Waals surface area (Å²) in [5.41, 5.74) is 1.65. The van der Waals surface area contributed by atoms with Crippen LogP contribution in [-0.4, -0.2) is 48.0 Å². The molecule has 100 valence electrons. The summed E-state index contributed by atoms with van der Waals surface area (Å²) in [5, 5.41) is 20.0. The van der Waals surface area contributed by atoms with Crippen molar-refractivity contribution in [3.63, 3.8) is 0 Å². The zero-order valence-electron chi connectivity index (χ0n) is 10.6. The van der Waals surface area contributed by atoms with Gasteiger partial charge in [0.1, 0.15) is 18.5 Å². The third-order valence-corrected chi connectivity index (χ3v) is 3.59. The first kappa shape index (κ1) is 13.6. The minimum Gasteiger partial charge on any atom is -0.491 e. The minimum atomic E-state index is -0.650. The largest absolute Gasteiger partial charge is 0.491 e. The molecule has 4 nitrogen and oxygen atoms in total. The number of aliphatic hydroxyl groups excluding tert-OH is 2. The van der Waals surface area contributed by atoms with Gasteiger partial charge in [0, 0.05) is 17.1 Å². The van der Waals surface area contributed by atoms with Gasteiger partial charge in [0.2, 0.25) is 0 Å². The number of hydrogen-bond acceptors (Lipinski definition) is 4. The Morgan fingerprint density at radius 1 is 1.50 bits per heavy atom. The van der Waals surface area contributed by atoms with Crippen LogP contribution in [0.15, 0.2) is 12.1 Å². The van der Waals surface area contributed by atoms with Gasteiger partial charge >= 0.3 is 0 Å². The summed E-state index contributed by atoms with van der Waals surface area (Å²) in [4.78, 5) is 1.89. The van der Waals surface area contributed by atoms with E-state index in [1.807, 2.05) is 24.9 Å². The van der Waals surface area contributed by atoms with Crippen molar-refractivity contribution >= 4 is 11.6 Å². The maximum Gasteiger partial charge on any atom is 0.128 e. The summed E-state index contributed by atoms with van der Waals surface area (Å²) in [5.74, 6) is 0.723. The molecule has 1 aromatic rings. The van der Waals surface area contributed by atoms with E-state index in [4.69, 9.17) is 21.4 Å². The highest BCUT2D eigenvalue weighted by atomic mass is 35.5. The fourth-order valence-electron chi connectivity index (χ4n) is 2.33. The second kappa shape index (κ2) is 5.45. The highest BCUT2D eigenvalue weighted by Crippen LogP contribution is 2.38. The van der Waals surface area contributed by atoms with Crippen LogP contribution in [0.25, 0.3) is 0 Å². The van der Waals surface area contributed by atoms with Crippen molar-refractivity contribution in [3.05, 3.63) is 28.3 Å². The van der Waals surface area contributed by atoms with Crippen molar-refractivity contribution in [1.29, 1.82) is 0 Å². The number of aryl methyl sites for hydroxylation is 1. The molecule has 0 bridgehead atoms. The van der Waals surface area contributed by atoms with Crippen LogP contribution in [0.1, 0.15) is 17.2 Å². The lowest BCUT2D eigenvalue weighted by Gasteiger charge is -2.36. The number of hydrogen-bond donors (Lipinski definition) is 2. The normalized spacial score (nSPS) is 22.8. The van der Waals surface area contributed by atoms with Crippen LogP contribution in [0.2, 0.25) is 5.02 Å². The van der Waals surface area contributed by atoms with Crippen LogP contribution in [0.4, 0.5) is 0 Å². The lowest BCUT2D eigenvalue weighted by Crippen LogP contribution is -2.45. The minimum absolute atomic E-state index is 0.0567. The first-order chi connectivity index (χ1) is 8.54. The molecular weight excluding hydrogens is 254 g/mol. The Kier molecular flexibility index (Phi) is 4.12. The highest BCUT2D eigenvalue weighted by molar-refractivity contribution is 6.30. The first-order valence-electron chi connectivity index (χ1n) is 5.96. The number of benzene rings is 1. The lowest BCUT2D eigenvalue weighted by molar-refractivity contribution is 0.00921. The molecule has 0 saturated heterocycles. The molecule has 1 aromatic carbocycles. The molecule has 0 aliphatic carbocycles. The quantitative estimate of drug-likeness (QED) is 0.872. The van der Waals surface area contributed by atoms with Gasteiger partial charge in [-0.05, 0) is 31.7 Å². The van der Waals surface area contributed by atoms with Crippen molar-refractivity contribution in [2.24, 2.45) is 0 Å². The molecular formula is C13H18ClNO3. The second-order valence-corrected chi connectivity index (χ2v) is 5.10. The topological polar surface area (TPSA) is 52.9 Å². The van der Waals surface area contributed by atoms with Crippen molar-refractivity contribution in [2.45, 2.75) is 19.1 Å². The third-order valence-electron chi connectivity index (χ3n) is 3.37. The van der Waals surface area contributed by atoms with E-state index in [0.29, 0.717) is 18.2 Å². The Balaban J connectivity index is 2.30. The van der Waals surface area contributed by atoms with E-state index in [1.165, 1.54) is 0 Å². The van der Waals surface area contributed by atoms with Gasteiger partial charge in [-0.1, -0.05) is 11.6 Å². The Morgan fingerprint density at radius 2 is 2.22 bits per heavy atom. The van der Waals surface area contributed by atoms with E-state index in [1.54, 1.807) is 6.07 Å². The molecule has 18 heavy (non-hydrogen) atoms. The Hall–Kier alpha value is -0.810. The Labute approximate surface area is 112 Å². The highest BCUT2D eigenvalue weighted by Gasteiger charge is 2.33. The summed E-state index contributed by atoms with van der Waals surface area (Å²) in [6.07, 6.45) is -0.650. The first-order valence-corrected chi connectivity index (χ1v) is 6.34. The van der Waals surface area contributed by atoms with Crippen molar-refractivity contribution in [3.8, 4) is 5.75 Å². The number of aliphatic hydroxyl groups is 2. The predicted molar refractivity (Wildman–Crippen MR) is 70.1 cm³/mol. The SMILES string of the molecule is Cc1cc(Cl)cc2c1OCC(N(C)CCO)C2O. The maximum atomic E-state index is 10.4. The maximum absolute atomic E-state index is 10.4. The van der Waals surface area contributed by atoms with Crippen LogP contribution in [0.5, 0.6) is 5.75 Å². The molecule has 2 N–H and O–H groups in total. The van der Waals surface area contributed by atoms with Crippen LogP contribution < -0.4 is 4.74 Å². The standard InChI is InChI=1S/C13H18ClNO3/c1-8-5-9(14)6-10-12(17)11(7-18-13(8)10)15(2)3-4-16/h5-6,11-12,16-17H,3-4,7H2,1-2H3. The van der Waals surface area contributed by atoms with E-state index >= 15 is 0 Å². The average molecular weight is 272 g/mol. The molecule has 0 amide bonds. The molecule has 0 radical (unpaired) electrons. The number of likely N-dealkylation sites (N-methyl/N-ethyl adjacent to an activating group) is 1. The van der Waals surface area contributed by atoms with Crippen molar-refractivity contribution in [1.82, 2.24) is 4.90 Å². The van der Waals surface area contributed by atoms with Crippen LogP contribution in [0, 0.1) is 6.92 Å². The van der Waals surface area contributed by atoms with E-state index in [9.17, 15) is 5.11 Å². The molecule has 5 heteroatoms. The fraction of sp³-hybridized carbons (Fsp3) is 0.538. The van der Waals surface area contributed by atoms with E-state index in [-0.39, 0.29) is 12.6 Å². The van der Waals surface area contributed by atoms with Gasteiger partial charge in [-0.2, -0.15) is 0 Å². The van der Waals surface area contributed by atoms with Crippen LogP contribution in [-0.2, 0) is 0 Å².